The summed E-state index contributed by atoms with van der Waals surface area (Å²) in [6, 6.07) is 0. The van der Waals surface area contributed by atoms with Gasteiger partial charge in [-0.05, 0) is 6.92 Å². The minimum Gasteiger partial charge on any atom is -0.329 e. The minimum absolute atomic E-state index is 0.0319. The maximum atomic E-state index is 11.4. The van der Waals surface area contributed by atoms with Crippen molar-refractivity contribution in [3.63, 3.8) is 0 Å². The molecule has 6 heteroatoms. The molecule has 0 saturated heterocycles. The third kappa shape index (κ3) is 3.12. The Bertz CT molecular complexity index is 383. The number of aryl methyl sites for hydroxylation is 1. The van der Waals surface area contributed by atoms with E-state index >= 15 is 0 Å². The van der Waals surface area contributed by atoms with Crippen molar-refractivity contribution in [3.05, 3.63) is 18.0 Å². The second-order valence-electron chi connectivity index (χ2n) is 3.08. The van der Waals surface area contributed by atoms with E-state index in [9.17, 15) is 8.42 Å². The molecule has 0 fully saturated rings. The molecule has 0 amide bonds. The van der Waals surface area contributed by atoms with Gasteiger partial charge in [-0.2, -0.15) is 5.10 Å². The van der Waals surface area contributed by atoms with E-state index in [0.717, 1.165) is 12.1 Å². The highest BCUT2D eigenvalue weighted by Gasteiger charge is 2.11. The standard InChI is InChI=1S/C8H15N3O2S/c1-2-11-6-8(5-10-11)7-14(12,13)4-3-9/h5-6H,2-4,7,9H2,1H3. The van der Waals surface area contributed by atoms with E-state index < -0.39 is 9.84 Å². The lowest BCUT2D eigenvalue weighted by molar-refractivity contribution is 0.595. The Balaban J connectivity index is 2.69. The maximum absolute atomic E-state index is 11.4. The summed E-state index contributed by atoms with van der Waals surface area (Å²) in [4.78, 5) is 0. The molecule has 0 unspecified atom stereocenters. The van der Waals surface area contributed by atoms with Crippen LogP contribution in [0.3, 0.4) is 0 Å². The van der Waals surface area contributed by atoms with Gasteiger partial charge in [0, 0.05) is 24.8 Å². The summed E-state index contributed by atoms with van der Waals surface area (Å²) in [6.45, 7) is 2.87. The van der Waals surface area contributed by atoms with E-state index in [1.807, 2.05) is 6.92 Å². The average molecular weight is 217 g/mol. The maximum Gasteiger partial charge on any atom is 0.155 e. The predicted octanol–water partition coefficient (Wildman–Crippen LogP) is -0.223. The lowest BCUT2D eigenvalue weighted by Gasteiger charge is -1.99. The molecular formula is C8H15N3O2S. The molecule has 0 atom stereocenters. The molecular weight excluding hydrogens is 202 g/mol. The largest absolute Gasteiger partial charge is 0.329 e. The van der Waals surface area contributed by atoms with E-state index in [2.05, 4.69) is 5.10 Å². The Kier molecular flexibility index (Phi) is 3.65. The molecule has 14 heavy (non-hydrogen) atoms. The van der Waals surface area contributed by atoms with Crippen LogP contribution in [-0.4, -0.2) is 30.5 Å². The second kappa shape index (κ2) is 4.56. The van der Waals surface area contributed by atoms with Crippen LogP contribution in [0.15, 0.2) is 12.4 Å². The van der Waals surface area contributed by atoms with Gasteiger partial charge in [0.05, 0.1) is 17.7 Å². The molecule has 0 bridgehead atoms. The summed E-state index contributed by atoms with van der Waals surface area (Å²) in [6.07, 6.45) is 3.33. The summed E-state index contributed by atoms with van der Waals surface area (Å²) in [7, 11) is -3.06. The fraction of sp³-hybridized carbons (Fsp3) is 0.625. The Labute approximate surface area is 83.8 Å². The van der Waals surface area contributed by atoms with Crippen LogP contribution in [-0.2, 0) is 22.1 Å². The number of hydrogen-bond donors (Lipinski definition) is 1. The van der Waals surface area contributed by atoms with Gasteiger partial charge in [-0.1, -0.05) is 0 Å². The van der Waals surface area contributed by atoms with E-state index in [4.69, 9.17) is 5.73 Å². The molecule has 0 aliphatic carbocycles. The first-order valence-corrected chi connectivity index (χ1v) is 6.31. The van der Waals surface area contributed by atoms with Crippen molar-refractivity contribution >= 4 is 9.84 Å². The van der Waals surface area contributed by atoms with Crippen molar-refractivity contribution < 1.29 is 8.42 Å². The average Bonchev–Trinajstić information content (AvgIpc) is 2.51. The first-order chi connectivity index (χ1) is 6.57. The van der Waals surface area contributed by atoms with Gasteiger partial charge in [-0.15, -0.1) is 0 Å². The van der Waals surface area contributed by atoms with Gasteiger partial charge in [0.1, 0.15) is 0 Å². The third-order valence-electron chi connectivity index (χ3n) is 1.83. The molecule has 1 heterocycles. The third-order valence-corrected chi connectivity index (χ3v) is 3.46. The van der Waals surface area contributed by atoms with Crippen LogP contribution in [0.5, 0.6) is 0 Å². The SMILES string of the molecule is CCn1cc(CS(=O)(=O)CCN)cn1. The summed E-state index contributed by atoms with van der Waals surface area (Å²) < 4.78 is 24.5. The molecule has 0 aromatic carbocycles. The van der Waals surface area contributed by atoms with Crippen LogP contribution in [0.2, 0.25) is 0 Å². The van der Waals surface area contributed by atoms with E-state index in [-0.39, 0.29) is 18.1 Å². The van der Waals surface area contributed by atoms with Gasteiger partial charge in [-0.25, -0.2) is 8.42 Å². The fourth-order valence-corrected chi connectivity index (χ4v) is 2.32. The molecule has 0 aliphatic heterocycles. The Morgan fingerprint density at radius 1 is 1.57 bits per heavy atom. The molecule has 5 nitrogen and oxygen atoms in total. The van der Waals surface area contributed by atoms with Crippen molar-refractivity contribution in [3.8, 4) is 0 Å². The molecule has 0 spiro atoms. The lowest BCUT2D eigenvalue weighted by Crippen LogP contribution is -2.17. The molecule has 0 saturated carbocycles. The lowest BCUT2D eigenvalue weighted by atomic mass is 10.4. The Hall–Kier alpha value is -0.880. The van der Waals surface area contributed by atoms with Crippen molar-refractivity contribution in [1.29, 1.82) is 0 Å². The summed E-state index contributed by atoms with van der Waals surface area (Å²) in [5.41, 5.74) is 5.92. The summed E-state index contributed by atoms with van der Waals surface area (Å²) in [5.74, 6) is 0.0640. The highest BCUT2D eigenvalue weighted by Crippen LogP contribution is 2.05. The molecule has 0 radical (unpaired) electrons. The van der Waals surface area contributed by atoms with Gasteiger partial charge in [0.2, 0.25) is 0 Å². The monoisotopic (exact) mass is 217 g/mol. The number of hydrogen-bond acceptors (Lipinski definition) is 4. The van der Waals surface area contributed by atoms with E-state index in [1.54, 1.807) is 17.1 Å². The molecule has 2 N–H and O–H groups in total. The van der Waals surface area contributed by atoms with Crippen molar-refractivity contribution in [2.75, 3.05) is 12.3 Å². The number of nitrogens with two attached hydrogens (primary N) is 1. The van der Waals surface area contributed by atoms with Crippen molar-refractivity contribution in [2.45, 2.75) is 19.2 Å². The first-order valence-electron chi connectivity index (χ1n) is 4.49. The molecule has 1 aromatic rings. The fourth-order valence-electron chi connectivity index (χ4n) is 1.16. The second-order valence-corrected chi connectivity index (χ2v) is 5.27. The smallest absolute Gasteiger partial charge is 0.155 e. The van der Waals surface area contributed by atoms with Crippen LogP contribution in [0.4, 0.5) is 0 Å². The van der Waals surface area contributed by atoms with Crippen LogP contribution >= 0.6 is 0 Å². The molecule has 1 aromatic heterocycles. The predicted molar refractivity (Wildman–Crippen MR) is 54.4 cm³/mol. The van der Waals surface area contributed by atoms with Crippen molar-refractivity contribution in [1.82, 2.24) is 9.78 Å². The quantitative estimate of drug-likeness (QED) is 0.739. The van der Waals surface area contributed by atoms with Gasteiger partial charge in [0.25, 0.3) is 0 Å². The van der Waals surface area contributed by atoms with Crippen LogP contribution in [0.1, 0.15) is 12.5 Å². The van der Waals surface area contributed by atoms with E-state index in [1.165, 1.54) is 0 Å². The Morgan fingerprint density at radius 2 is 2.29 bits per heavy atom. The topological polar surface area (TPSA) is 78.0 Å². The molecule has 0 aliphatic rings. The summed E-state index contributed by atoms with van der Waals surface area (Å²) in [5, 5.41) is 4.00. The number of sulfone groups is 1. The number of nitrogens with zero attached hydrogens (tertiary/aromatic N) is 2. The molecule has 80 valence electrons. The summed E-state index contributed by atoms with van der Waals surface area (Å²) >= 11 is 0. The van der Waals surface area contributed by atoms with Crippen LogP contribution in [0.25, 0.3) is 0 Å². The van der Waals surface area contributed by atoms with Crippen molar-refractivity contribution in [2.24, 2.45) is 5.73 Å². The zero-order valence-electron chi connectivity index (χ0n) is 8.18. The van der Waals surface area contributed by atoms with Crippen LogP contribution in [0, 0.1) is 0 Å². The van der Waals surface area contributed by atoms with Gasteiger partial charge < -0.3 is 5.73 Å². The van der Waals surface area contributed by atoms with Crippen LogP contribution < -0.4 is 5.73 Å². The normalized spacial score (nSPS) is 11.9. The highest BCUT2D eigenvalue weighted by molar-refractivity contribution is 7.90. The highest BCUT2D eigenvalue weighted by atomic mass is 32.2. The van der Waals surface area contributed by atoms with Gasteiger partial charge in [-0.3, -0.25) is 4.68 Å². The van der Waals surface area contributed by atoms with E-state index in [0.29, 0.717) is 0 Å². The zero-order valence-corrected chi connectivity index (χ0v) is 9.00. The first kappa shape index (κ1) is 11.2. The van der Waals surface area contributed by atoms with Gasteiger partial charge in [0.15, 0.2) is 9.84 Å². The number of rotatable bonds is 5. The number of aromatic nitrogens is 2. The zero-order chi connectivity index (χ0) is 10.6. The minimum atomic E-state index is -3.06. The molecule has 1 rings (SSSR count). The Morgan fingerprint density at radius 3 is 2.79 bits per heavy atom. The van der Waals surface area contributed by atoms with Gasteiger partial charge >= 0.3 is 0 Å².